The average molecular weight is 182 g/mol. The molecule has 0 saturated heterocycles. The molecule has 2 saturated carbocycles. The van der Waals surface area contributed by atoms with Crippen LogP contribution in [0.5, 0.6) is 0 Å². The number of hydrogen-bond donors (Lipinski definition) is 0. The van der Waals surface area contributed by atoms with E-state index in [9.17, 15) is 9.59 Å². The number of ketones is 1. The van der Waals surface area contributed by atoms with Crippen LogP contribution in [-0.2, 0) is 14.3 Å². The Balaban J connectivity index is 2.04. The summed E-state index contributed by atoms with van der Waals surface area (Å²) < 4.78 is 4.96. The maximum Gasteiger partial charge on any atom is 0.302 e. The van der Waals surface area contributed by atoms with E-state index in [4.69, 9.17) is 4.74 Å². The predicted molar refractivity (Wildman–Crippen MR) is 46.0 cm³/mol. The molecule has 2 aliphatic carbocycles. The van der Waals surface area contributed by atoms with E-state index in [1.54, 1.807) is 0 Å². The van der Waals surface area contributed by atoms with Gasteiger partial charge in [-0.3, -0.25) is 9.59 Å². The molecule has 72 valence electrons. The molecule has 0 aromatic rings. The van der Waals surface area contributed by atoms with E-state index in [1.165, 1.54) is 6.92 Å². The number of carbonyl (C=O) groups excluding carboxylic acids is 2. The van der Waals surface area contributed by atoms with Crippen LogP contribution in [0.2, 0.25) is 0 Å². The van der Waals surface area contributed by atoms with Crippen LogP contribution < -0.4 is 0 Å². The molecule has 3 nitrogen and oxygen atoms in total. The molecular weight excluding hydrogens is 168 g/mol. The van der Waals surface area contributed by atoms with Crippen LogP contribution in [0.15, 0.2) is 0 Å². The lowest BCUT2D eigenvalue weighted by molar-refractivity contribution is -0.146. The van der Waals surface area contributed by atoms with Crippen molar-refractivity contribution in [3.63, 3.8) is 0 Å². The monoisotopic (exact) mass is 182 g/mol. The Bertz CT molecular complexity index is 249. The Labute approximate surface area is 77.4 Å². The summed E-state index contributed by atoms with van der Waals surface area (Å²) in [6.45, 7) is 1.71. The van der Waals surface area contributed by atoms with Gasteiger partial charge in [0.05, 0.1) is 5.41 Å². The van der Waals surface area contributed by atoms with Crippen molar-refractivity contribution in [2.75, 3.05) is 6.61 Å². The van der Waals surface area contributed by atoms with E-state index in [0.29, 0.717) is 12.4 Å². The van der Waals surface area contributed by atoms with Crippen LogP contribution in [-0.4, -0.2) is 18.4 Å². The molecule has 0 unspecified atom stereocenters. The molecule has 0 aromatic carbocycles. The van der Waals surface area contributed by atoms with Crippen LogP contribution >= 0.6 is 0 Å². The Morgan fingerprint density at radius 2 is 2.15 bits per heavy atom. The summed E-state index contributed by atoms with van der Waals surface area (Å²) in [5.41, 5.74) is -0.281. The van der Waals surface area contributed by atoms with Gasteiger partial charge in [0.15, 0.2) is 0 Å². The van der Waals surface area contributed by atoms with Gasteiger partial charge in [-0.1, -0.05) is 0 Å². The Morgan fingerprint density at radius 1 is 1.54 bits per heavy atom. The van der Waals surface area contributed by atoms with Crippen LogP contribution in [0.25, 0.3) is 0 Å². The molecule has 0 atom stereocenters. The SMILES string of the molecule is CC(=O)OCC12CCC(CC1)C2=O. The first-order chi connectivity index (χ1) is 6.14. The highest BCUT2D eigenvalue weighted by Gasteiger charge is 2.53. The molecule has 2 fully saturated rings. The van der Waals surface area contributed by atoms with Crippen molar-refractivity contribution in [1.29, 1.82) is 0 Å². The Kier molecular flexibility index (Phi) is 1.90. The third kappa shape index (κ3) is 1.26. The topological polar surface area (TPSA) is 43.4 Å². The summed E-state index contributed by atoms with van der Waals surface area (Å²) in [6, 6.07) is 0. The molecule has 0 radical (unpaired) electrons. The molecule has 3 heteroatoms. The standard InChI is InChI=1S/C10H14O3/c1-7(11)13-6-10-4-2-8(3-5-10)9(10)12/h8H,2-6H2,1H3. The molecule has 2 bridgehead atoms. The third-order valence-corrected chi connectivity index (χ3v) is 3.39. The number of carbonyl (C=O) groups is 2. The lowest BCUT2D eigenvalue weighted by Crippen LogP contribution is -2.29. The number of fused-ring (bicyclic) bond motifs is 2. The first-order valence-corrected chi connectivity index (χ1v) is 4.82. The van der Waals surface area contributed by atoms with Gasteiger partial charge in [-0.2, -0.15) is 0 Å². The second kappa shape index (κ2) is 2.82. The molecule has 0 heterocycles. The van der Waals surface area contributed by atoms with Gasteiger partial charge in [0.2, 0.25) is 0 Å². The second-order valence-corrected chi connectivity index (χ2v) is 4.20. The summed E-state index contributed by atoms with van der Waals surface area (Å²) in [5.74, 6) is 0.335. The van der Waals surface area contributed by atoms with E-state index in [1.807, 2.05) is 0 Å². The molecule has 0 amide bonds. The van der Waals surface area contributed by atoms with Crippen LogP contribution in [0.1, 0.15) is 32.6 Å². The molecule has 2 aliphatic rings. The first kappa shape index (κ1) is 8.73. The van der Waals surface area contributed by atoms with Crippen molar-refractivity contribution in [2.45, 2.75) is 32.6 Å². The largest absolute Gasteiger partial charge is 0.465 e. The number of ether oxygens (including phenoxy) is 1. The van der Waals surface area contributed by atoms with Crippen molar-refractivity contribution >= 4 is 11.8 Å². The fraction of sp³-hybridized carbons (Fsp3) is 0.800. The first-order valence-electron chi connectivity index (χ1n) is 4.82. The summed E-state index contributed by atoms with van der Waals surface area (Å²) in [5, 5.41) is 0. The highest BCUT2D eigenvalue weighted by molar-refractivity contribution is 5.91. The van der Waals surface area contributed by atoms with Crippen molar-refractivity contribution in [2.24, 2.45) is 11.3 Å². The minimum atomic E-state index is -0.281. The zero-order valence-corrected chi connectivity index (χ0v) is 7.84. The molecular formula is C10H14O3. The van der Waals surface area contributed by atoms with Gasteiger partial charge < -0.3 is 4.74 Å². The summed E-state index contributed by atoms with van der Waals surface area (Å²) in [7, 11) is 0. The zero-order chi connectivity index (χ0) is 9.47. The highest BCUT2D eigenvalue weighted by Crippen LogP contribution is 2.51. The van der Waals surface area contributed by atoms with E-state index in [-0.39, 0.29) is 17.3 Å². The Morgan fingerprint density at radius 3 is 2.54 bits per heavy atom. The number of esters is 1. The lowest BCUT2D eigenvalue weighted by atomic mass is 9.85. The highest BCUT2D eigenvalue weighted by atomic mass is 16.5. The van der Waals surface area contributed by atoms with E-state index in [0.717, 1.165) is 25.7 Å². The quantitative estimate of drug-likeness (QED) is 0.605. The predicted octanol–water partition coefficient (Wildman–Crippen LogP) is 1.31. The molecule has 0 spiro atoms. The van der Waals surface area contributed by atoms with E-state index in [2.05, 4.69) is 0 Å². The normalized spacial score (nSPS) is 36.7. The number of Topliss-reactive ketones (excluding diaryl/α,β-unsaturated/α-hetero) is 1. The molecule has 2 rings (SSSR count). The lowest BCUT2D eigenvalue weighted by Gasteiger charge is -2.23. The summed E-state index contributed by atoms with van der Waals surface area (Å²) >= 11 is 0. The molecule has 0 aromatic heterocycles. The maximum atomic E-state index is 11.7. The maximum absolute atomic E-state index is 11.7. The Hall–Kier alpha value is -0.860. The minimum Gasteiger partial charge on any atom is -0.465 e. The van der Waals surface area contributed by atoms with Gasteiger partial charge in [0.25, 0.3) is 0 Å². The van der Waals surface area contributed by atoms with Gasteiger partial charge >= 0.3 is 5.97 Å². The smallest absolute Gasteiger partial charge is 0.302 e. The van der Waals surface area contributed by atoms with Crippen LogP contribution in [0.4, 0.5) is 0 Å². The van der Waals surface area contributed by atoms with Crippen molar-refractivity contribution in [3.8, 4) is 0 Å². The zero-order valence-electron chi connectivity index (χ0n) is 7.84. The third-order valence-electron chi connectivity index (χ3n) is 3.39. The van der Waals surface area contributed by atoms with Crippen molar-refractivity contribution in [1.82, 2.24) is 0 Å². The van der Waals surface area contributed by atoms with Crippen LogP contribution in [0, 0.1) is 11.3 Å². The minimum absolute atomic E-state index is 0.274. The van der Waals surface area contributed by atoms with E-state index >= 15 is 0 Å². The van der Waals surface area contributed by atoms with Crippen molar-refractivity contribution in [3.05, 3.63) is 0 Å². The van der Waals surface area contributed by atoms with Gasteiger partial charge in [0.1, 0.15) is 12.4 Å². The second-order valence-electron chi connectivity index (χ2n) is 4.20. The summed E-state index contributed by atoms with van der Waals surface area (Å²) in [6.07, 6.45) is 3.84. The van der Waals surface area contributed by atoms with Gasteiger partial charge in [0, 0.05) is 12.8 Å². The fourth-order valence-electron chi connectivity index (χ4n) is 2.57. The molecule has 13 heavy (non-hydrogen) atoms. The van der Waals surface area contributed by atoms with Gasteiger partial charge in [-0.25, -0.2) is 0 Å². The fourth-order valence-corrected chi connectivity index (χ4v) is 2.57. The number of hydrogen-bond acceptors (Lipinski definition) is 3. The molecule has 0 aliphatic heterocycles. The van der Waals surface area contributed by atoms with E-state index < -0.39 is 0 Å². The van der Waals surface area contributed by atoms with Gasteiger partial charge in [-0.15, -0.1) is 0 Å². The van der Waals surface area contributed by atoms with Crippen molar-refractivity contribution < 1.29 is 14.3 Å². The summed E-state index contributed by atoms with van der Waals surface area (Å²) in [4.78, 5) is 22.4. The van der Waals surface area contributed by atoms with Crippen LogP contribution in [0.3, 0.4) is 0 Å². The average Bonchev–Trinajstić information content (AvgIpc) is 2.58. The number of rotatable bonds is 2. The molecule has 0 N–H and O–H groups in total. The van der Waals surface area contributed by atoms with Gasteiger partial charge in [-0.05, 0) is 25.7 Å².